The van der Waals surface area contributed by atoms with Crippen molar-refractivity contribution in [2.75, 3.05) is 18.5 Å². The molecule has 0 radical (unpaired) electrons. The van der Waals surface area contributed by atoms with E-state index < -0.39 is 30.5 Å². The lowest BCUT2D eigenvalue weighted by atomic mass is 9.90. The molecule has 124 valence electrons. The van der Waals surface area contributed by atoms with Crippen molar-refractivity contribution in [2.24, 2.45) is 5.92 Å². The van der Waals surface area contributed by atoms with E-state index in [1.54, 1.807) is 6.92 Å². The summed E-state index contributed by atoms with van der Waals surface area (Å²) in [6.07, 6.45) is -5.31. The van der Waals surface area contributed by atoms with Gasteiger partial charge in [0.05, 0.1) is 25.4 Å². The van der Waals surface area contributed by atoms with Crippen LogP contribution >= 0.6 is 0 Å². The minimum Gasteiger partial charge on any atom is -0.394 e. The number of halogens is 3. The van der Waals surface area contributed by atoms with E-state index in [9.17, 15) is 18.3 Å². The molecule has 0 aromatic carbocycles. The van der Waals surface area contributed by atoms with Gasteiger partial charge in [-0.25, -0.2) is 4.98 Å². The average molecular weight is 323 g/mol. The molecule has 0 unspecified atom stereocenters. The van der Waals surface area contributed by atoms with Crippen LogP contribution in [0.25, 0.3) is 0 Å². The summed E-state index contributed by atoms with van der Waals surface area (Å²) in [4.78, 5) is 7.41. The third-order valence-corrected chi connectivity index (χ3v) is 3.39. The zero-order chi connectivity index (χ0) is 16.3. The molecular formula is C12H16F3N3O4. The lowest BCUT2D eigenvalue weighted by Gasteiger charge is -2.38. The summed E-state index contributed by atoms with van der Waals surface area (Å²) in [5, 5.41) is 21.8. The first-order valence-corrected chi connectivity index (χ1v) is 6.56. The van der Waals surface area contributed by atoms with Crippen LogP contribution in [0.4, 0.5) is 19.1 Å². The molecule has 0 aliphatic carbocycles. The van der Waals surface area contributed by atoms with E-state index in [1.807, 2.05) is 0 Å². The molecular weight excluding hydrogens is 307 g/mol. The Morgan fingerprint density at radius 2 is 2.23 bits per heavy atom. The van der Waals surface area contributed by atoms with Crippen molar-refractivity contribution in [1.29, 1.82) is 0 Å². The molecule has 0 bridgehead atoms. The van der Waals surface area contributed by atoms with E-state index in [4.69, 9.17) is 9.84 Å². The predicted molar refractivity (Wildman–Crippen MR) is 68.1 cm³/mol. The van der Waals surface area contributed by atoms with Gasteiger partial charge in [0.1, 0.15) is 6.10 Å². The maximum atomic E-state index is 12.1. The van der Waals surface area contributed by atoms with Crippen LogP contribution in [0, 0.1) is 5.92 Å². The Bertz CT molecular complexity index is 503. The van der Waals surface area contributed by atoms with E-state index in [0.717, 1.165) is 12.3 Å². The number of nitrogens with one attached hydrogen (secondary N) is 1. The number of aliphatic hydroxyl groups excluding tert-OH is 2. The first-order valence-electron chi connectivity index (χ1n) is 6.56. The summed E-state index contributed by atoms with van der Waals surface area (Å²) >= 11 is 0. The minimum absolute atomic E-state index is 0.0724. The molecule has 10 heteroatoms. The van der Waals surface area contributed by atoms with Crippen LogP contribution < -0.4 is 10.1 Å². The van der Waals surface area contributed by atoms with Crippen molar-refractivity contribution in [1.82, 2.24) is 9.97 Å². The number of rotatable bonds is 4. The molecule has 7 nitrogen and oxygen atoms in total. The third-order valence-electron chi connectivity index (χ3n) is 3.39. The third kappa shape index (κ3) is 4.18. The maximum Gasteiger partial charge on any atom is 0.574 e. The van der Waals surface area contributed by atoms with Crippen LogP contribution in [0.1, 0.15) is 6.92 Å². The smallest absolute Gasteiger partial charge is 0.394 e. The Kier molecular flexibility index (Phi) is 5.04. The van der Waals surface area contributed by atoms with Crippen LogP contribution in [-0.2, 0) is 4.74 Å². The van der Waals surface area contributed by atoms with Gasteiger partial charge in [0.25, 0.3) is 0 Å². The number of aliphatic hydroxyl groups is 2. The predicted octanol–water partition coefficient (Wildman–Crippen LogP) is 0.544. The molecule has 4 atom stereocenters. The number of anilines is 1. The monoisotopic (exact) mass is 323 g/mol. The highest BCUT2D eigenvalue weighted by Crippen LogP contribution is 2.24. The topological polar surface area (TPSA) is 96.7 Å². The molecule has 1 aliphatic heterocycles. The zero-order valence-electron chi connectivity index (χ0n) is 11.6. The molecule has 1 fully saturated rings. The second-order valence-corrected chi connectivity index (χ2v) is 4.92. The molecule has 0 saturated carbocycles. The van der Waals surface area contributed by atoms with E-state index >= 15 is 0 Å². The standard InChI is InChI=1S/C12H16F3N3O4/c1-6-7(5-21-8(4-19)10(6)20)17-11-16-3-2-9(18-11)22-12(13,14)15/h2-3,6-8,10,19-20H,4-5H2,1H3,(H,16,17,18)/t6-,7+,8-,10-/m1/s1. The molecule has 1 aliphatic rings. The van der Waals surface area contributed by atoms with Gasteiger partial charge in [0.2, 0.25) is 11.8 Å². The van der Waals surface area contributed by atoms with Gasteiger partial charge >= 0.3 is 6.36 Å². The zero-order valence-corrected chi connectivity index (χ0v) is 11.6. The average Bonchev–Trinajstić information content (AvgIpc) is 2.43. The lowest BCUT2D eigenvalue weighted by Crippen LogP contribution is -2.52. The van der Waals surface area contributed by atoms with Gasteiger partial charge in [-0.1, -0.05) is 6.92 Å². The molecule has 0 amide bonds. The second kappa shape index (κ2) is 6.63. The number of aromatic nitrogens is 2. The van der Waals surface area contributed by atoms with Crippen LogP contribution in [-0.4, -0.2) is 58.0 Å². The molecule has 1 aromatic heterocycles. The SMILES string of the molecule is C[C@H]1[C@@H](O)[C@@H](CO)OC[C@@H]1Nc1nccc(OC(F)(F)F)n1. The highest BCUT2D eigenvalue weighted by atomic mass is 19.4. The fraction of sp³-hybridized carbons (Fsp3) is 0.667. The summed E-state index contributed by atoms with van der Waals surface area (Å²) in [5.41, 5.74) is 0. The first kappa shape index (κ1) is 16.7. The number of alkyl halides is 3. The van der Waals surface area contributed by atoms with E-state index in [-0.39, 0.29) is 25.1 Å². The first-order chi connectivity index (χ1) is 10.3. The van der Waals surface area contributed by atoms with E-state index in [0.29, 0.717) is 0 Å². The van der Waals surface area contributed by atoms with E-state index in [2.05, 4.69) is 20.0 Å². The molecule has 22 heavy (non-hydrogen) atoms. The summed E-state index contributed by atoms with van der Waals surface area (Å²) in [7, 11) is 0. The van der Waals surface area contributed by atoms with Crippen molar-refractivity contribution in [3.8, 4) is 5.88 Å². The van der Waals surface area contributed by atoms with Gasteiger partial charge in [-0.2, -0.15) is 4.98 Å². The van der Waals surface area contributed by atoms with Crippen LogP contribution in [0.5, 0.6) is 5.88 Å². The largest absolute Gasteiger partial charge is 0.574 e. The van der Waals surface area contributed by atoms with Gasteiger partial charge in [-0.3, -0.25) is 0 Å². The fourth-order valence-electron chi connectivity index (χ4n) is 2.14. The van der Waals surface area contributed by atoms with Crippen molar-refractivity contribution in [3.63, 3.8) is 0 Å². The van der Waals surface area contributed by atoms with Gasteiger partial charge < -0.3 is 25.0 Å². The minimum atomic E-state index is -4.84. The van der Waals surface area contributed by atoms with Gasteiger partial charge in [0.15, 0.2) is 0 Å². The summed E-state index contributed by atoms with van der Waals surface area (Å²) in [6.45, 7) is 1.56. The number of hydrogen-bond donors (Lipinski definition) is 3. The number of nitrogens with zero attached hydrogens (tertiary/aromatic N) is 2. The Morgan fingerprint density at radius 3 is 2.86 bits per heavy atom. The quantitative estimate of drug-likeness (QED) is 0.744. The molecule has 0 spiro atoms. The number of ether oxygens (including phenoxy) is 2. The van der Waals surface area contributed by atoms with Crippen LogP contribution in [0.15, 0.2) is 12.3 Å². The highest BCUT2D eigenvalue weighted by molar-refractivity contribution is 5.29. The fourth-order valence-corrected chi connectivity index (χ4v) is 2.14. The van der Waals surface area contributed by atoms with Crippen molar-refractivity contribution in [3.05, 3.63) is 12.3 Å². The van der Waals surface area contributed by atoms with Gasteiger partial charge in [0, 0.05) is 18.2 Å². The van der Waals surface area contributed by atoms with Crippen LogP contribution in [0.2, 0.25) is 0 Å². The summed E-state index contributed by atoms with van der Waals surface area (Å²) in [5.74, 6) is -1.03. The van der Waals surface area contributed by atoms with Crippen molar-refractivity contribution < 1.29 is 32.9 Å². The van der Waals surface area contributed by atoms with Crippen molar-refractivity contribution in [2.45, 2.75) is 31.5 Å². The van der Waals surface area contributed by atoms with Crippen molar-refractivity contribution >= 4 is 5.95 Å². The molecule has 2 heterocycles. The Labute approximate surface area is 124 Å². The van der Waals surface area contributed by atoms with Gasteiger partial charge in [-0.15, -0.1) is 13.2 Å². The maximum absolute atomic E-state index is 12.1. The van der Waals surface area contributed by atoms with Gasteiger partial charge in [-0.05, 0) is 0 Å². The van der Waals surface area contributed by atoms with Crippen LogP contribution in [0.3, 0.4) is 0 Å². The molecule has 3 N–H and O–H groups in total. The second-order valence-electron chi connectivity index (χ2n) is 4.92. The Hall–Kier alpha value is -1.65. The molecule has 2 rings (SSSR count). The molecule has 1 aromatic rings. The molecule has 1 saturated heterocycles. The summed E-state index contributed by atoms with van der Waals surface area (Å²) in [6, 6.07) is 0.565. The Balaban J connectivity index is 2.03. The number of hydrogen-bond acceptors (Lipinski definition) is 7. The summed E-state index contributed by atoms with van der Waals surface area (Å²) < 4.78 is 45.4. The van der Waals surface area contributed by atoms with E-state index in [1.165, 1.54) is 0 Å². The highest BCUT2D eigenvalue weighted by Gasteiger charge is 2.37. The normalized spacial score (nSPS) is 29.2. The Morgan fingerprint density at radius 1 is 1.50 bits per heavy atom. The lowest BCUT2D eigenvalue weighted by molar-refractivity contribution is -0.276.